The van der Waals surface area contributed by atoms with Crippen LogP contribution in [0, 0.1) is 5.21 Å². The van der Waals surface area contributed by atoms with Gasteiger partial charge in [-0.15, -0.1) is 0 Å². The third-order valence-electron chi connectivity index (χ3n) is 7.11. The molecule has 0 aromatic carbocycles. The Morgan fingerprint density at radius 2 is 1.14 bits per heavy atom. The molecule has 1 heterocycles. The minimum absolute atomic E-state index is 0. The van der Waals surface area contributed by atoms with Crippen LogP contribution in [-0.4, -0.2) is 82.8 Å². The van der Waals surface area contributed by atoms with Crippen molar-refractivity contribution in [2.24, 2.45) is 0 Å². The molecule has 1 aliphatic heterocycles. The molecule has 0 saturated carbocycles. The molecule has 1 atom stereocenters. The van der Waals surface area contributed by atoms with Crippen LogP contribution in [-0.2, 0) is 48.2 Å². The zero-order chi connectivity index (χ0) is 31.2. The first kappa shape index (κ1) is 40.7. The molecule has 240 valence electrons. The molecular formula is C29H48N4O9Zn. The van der Waals surface area contributed by atoms with Crippen molar-refractivity contribution in [3.8, 4) is 0 Å². The Bertz CT molecular complexity index is 766. The molecular weight excluding hydrogens is 614 g/mol. The number of nitrogens with one attached hydrogen (secondary N) is 2. The van der Waals surface area contributed by atoms with E-state index in [2.05, 4.69) is 10.6 Å². The molecule has 43 heavy (non-hydrogen) atoms. The summed E-state index contributed by atoms with van der Waals surface area (Å²) in [5.74, 6) is -2.44. The Morgan fingerprint density at radius 3 is 1.79 bits per heavy atom. The van der Waals surface area contributed by atoms with Gasteiger partial charge in [-0.2, -0.15) is 0 Å². The van der Waals surface area contributed by atoms with Crippen molar-refractivity contribution in [1.29, 1.82) is 0 Å². The Hall–Kier alpha value is -2.28. The maximum absolute atomic E-state index is 12.1. The van der Waals surface area contributed by atoms with Crippen LogP contribution in [0.15, 0.2) is 0 Å². The standard InChI is InChI=1S/C29H48N4O9.Zn/c34-23-11-5-1-2-6-12-24(35)25(36)14-15-26(37)30-19-7-3-10-22-33(42)29(40)18-16-27(38)31-20-8-4-9-21-32(41)28(39)17-13-23;/h24,42H,1-22H2,(H,30,37)(H,31,38);/q-2;+2. The summed E-state index contributed by atoms with van der Waals surface area (Å²) in [6.07, 6.45) is 4.55. The van der Waals surface area contributed by atoms with Gasteiger partial charge in [0.1, 0.15) is 11.6 Å². The maximum Gasteiger partial charge on any atom is 2.00 e. The van der Waals surface area contributed by atoms with E-state index in [1.165, 1.54) is 0 Å². The number of amides is 4. The molecule has 0 bridgehead atoms. The molecule has 4 amide bonds. The van der Waals surface area contributed by atoms with Gasteiger partial charge >= 0.3 is 19.5 Å². The molecule has 1 saturated heterocycles. The summed E-state index contributed by atoms with van der Waals surface area (Å²) in [6.45, 7) is 0.851. The van der Waals surface area contributed by atoms with Crippen molar-refractivity contribution < 1.29 is 58.6 Å². The van der Waals surface area contributed by atoms with Crippen LogP contribution in [0.2, 0.25) is 0 Å². The average Bonchev–Trinajstić information content (AvgIpc) is 2.97. The molecule has 1 aliphatic rings. The van der Waals surface area contributed by atoms with Gasteiger partial charge in [0.25, 0.3) is 0 Å². The van der Waals surface area contributed by atoms with Crippen LogP contribution < -0.4 is 15.7 Å². The summed E-state index contributed by atoms with van der Waals surface area (Å²) in [4.78, 5) is 72.1. The van der Waals surface area contributed by atoms with E-state index >= 15 is 0 Å². The van der Waals surface area contributed by atoms with Crippen molar-refractivity contribution in [2.75, 3.05) is 26.2 Å². The fourth-order valence-electron chi connectivity index (χ4n) is 4.41. The zero-order valence-corrected chi connectivity index (χ0v) is 28.4. The fraction of sp³-hybridized carbons (Fsp3) is 0.793. The first-order valence-corrected chi connectivity index (χ1v) is 15.3. The third-order valence-corrected chi connectivity index (χ3v) is 7.11. The van der Waals surface area contributed by atoms with E-state index in [-0.39, 0.29) is 95.1 Å². The van der Waals surface area contributed by atoms with Crippen LogP contribution in [0.5, 0.6) is 0 Å². The van der Waals surface area contributed by atoms with Crippen molar-refractivity contribution in [1.82, 2.24) is 20.8 Å². The second-order valence-corrected chi connectivity index (χ2v) is 10.8. The molecule has 0 aliphatic carbocycles. The first-order chi connectivity index (χ1) is 20.1. The number of hydrogen-bond acceptors (Lipinski definition) is 9. The number of hydroxylamine groups is 4. The Labute approximate surface area is 267 Å². The van der Waals surface area contributed by atoms with Crippen LogP contribution in [0.4, 0.5) is 0 Å². The largest absolute Gasteiger partial charge is 2.00 e. The predicted molar refractivity (Wildman–Crippen MR) is 152 cm³/mol. The van der Waals surface area contributed by atoms with Gasteiger partial charge in [-0.05, 0) is 44.9 Å². The van der Waals surface area contributed by atoms with Gasteiger partial charge in [0.15, 0.2) is 0 Å². The van der Waals surface area contributed by atoms with Gasteiger partial charge in [-0.3, -0.25) is 29.2 Å². The van der Waals surface area contributed by atoms with E-state index in [1.54, 1.807) is 0 Å². The van der Waals surface area contributed by atoms with E-state index in [9.17, 15) is 44.3 Å². The minimum atomic E-state index is -1.38. The molecule has 1 rings (SSSR count). The van der Waals surface area contributed by atoms with Crippen LogP contribution in [0.25, 0.3) is 0 Å². The predicted octanol–water partition coefficient (Wildman–Crippen LogP) is 1.66. The van der Waals surface area contributed by atoms with Crippen molar-refractivity contribution in [2.45, 2.75) is 122 Å². The van der Waals surface area contributed by atoms with E-state index < -0.39 is 23.7 Å². The number of ketones is 2. The van der Waals surface area contributed by atoms with Crippen molar-refractivity contribution in [3.05, 3.63) is 5.21 Å². The number of carbonyl (C=O) groups is 6. The number of rotatable bonds is 0. The summed E-state index contributed by atoms with van der Waals surface area (Å²) < 4.78 is 0. The van der Waals surface area contributed by atoms with E-state index in [0.717, 1.165) is 0 Å². The molecule has 0 spiro atoms. The second kappa shape index (κ2) is 25.1. The van der Waals surface area contributed by atoms with Gasteiger partial charge < -0.3 is 30.8 Å². The Balaban J connectivity index is 0.0000176. The average molecular weight is 662 g/mol. The summed E-state index contributed by atoms with van der Waals surface area (Å²) in [5.41, 5.74) is 0. The SMILES string of the molecule is O=C1CCCCCCC([O-])C(=O)CCC(=O)NCCCCCN(O)C(=O)CCC(=O)NCCCCCN([O-])C(=O)CC1.[Zn+2]. The first-order valence-electron chi connectivity index (χ1n) is 15.3. The van der Waals surface area contributed by atoms with E-state index in [0.29, 0.717) is 93.8 Å². The summed E-state index contributed by atoms with van der Waals surface area (Å²) in [7, 11) is 0. The quantitative estimate of drug-likeness (QED) is 0.255. The molecule has 13 nitrogen and oxygen atoms in total. The minimum Gasteiger partial charge on any atom is -0.846 e. The summed E-state index contributed by atoms with van der Waals surface area (Å²) >= 11 is 0. The normalized spacial score (nSPS) is 22.7. The van der Waals surface area contributed by atoms with Gasteiger partial charge in [-0.25, -0.2) is 5.06 Å². The Kier molecular flexibility index (Phi) is 23.8. The number of nitrogens with zero attached hydrogens (tertiary/aromatic N) is 2. The fourth-order valence-corrected chi connectivity index (χ4v) is 4.41. The molecule has 14 heteroatoms. The van der Waals surface area contributed by atoms with Crippen molar-refractivity contribution in [3.63, 3.8) is 0 Å². The third kappa shape index (κ3) is 21.1. The van der Waals surface area contributed by atoms with Crippen LogP contribution in [0.3, 0.4) is 0 Å². The van der Waals surface area contributed by atoms with E-state index in [4.69, 9.17) is 0 Å². The van der Waals surface area contributed by atoms with Gasteiger partial charge in [0.05, 0.1) is 0 Å². The number of hydrogen-bond donors (Lipinski definition) is 3. The summed E-state index contributed by atoms with van der Waals surface area (Å²) in [5, 5.41) is 40.3. The number of carbonyl (C=O) groups excluding carboxylic acids is 6. The Morgan fingerprint density at radius 1 is 0.605 bits per heavy atom. The van der Waals surface area contributed by atoms with Gasteiger partial charge in [-0.1, -0.05) is 31.8 Å². The molecule has 3 N–H and O–H groups in total. The maximum atomic E-state index is 12.1. The molecule has 0 aromatic heterocycles. The molecule has 1 fully saturated rings. The zero-order valence-electron chi connectivity index (χ0n) is 25.4. The smallest absolute Gasteiger partial charge is 0.846 e. The van der Waals surface area contributed by atoms with Gasteiger partial charge in [0.2, 0.25) is 23.6 Å². The second-order valence-electron chi connectivity index (χ2n) is 10.8. The molecule has 0 aromatic rings. The van der Waals surface area contributed by atoms with Crippen molar-refractivity contribution >= 4 is 35.2 Å². The monoisotopic (exact) mass is 660 g/mol. The van der Waals surface area contributed by atoms with Gasteiger partial charge in [0, 0.05) is 71.1 Å². The van der Waals surface area contributed by atoms with Crippen LogP contribution >= 0.6 is 0 Å². The molecule has 1 unspecified atom stereocenters. The summed E-state index contributed by atoms with van der Waals surface area (Å²) in [6, 6.07) is 0. The number of Topliss-reactive ketones (excluding diaryl/α,β-unsaturated/α-hetero) is 2. The topological polar surface area (TPSA) is 199 Å². The van der Waals surface area contributed by atoms with E-state index in [1.807, 2.05) is 0 Å². The molecule has 0 radical (unpaired) electrons. The van der Waals surface area contributed by atoms with Crippen LogP contribution in [0.1, 0.15) is 116 Å².